The fourth-order valence-electron chi connectivity index (χ4n) is 3.05. The van der Waals surface area contributed by atoms with Gasteiger partial charge in [-0.25, -0.2) is 18.0 Å². The van der Waals surface area contributed by atoms with Crippen LogP contribution in [-0.4, -0.2) is 43.5 Å². The maximum absolute atomic E-state index is 12.9. The van der Waals surface area contributed by atoms with Crippen molar-refractivity contribution in [1.29, 1.82) is 0 Å². The SMILES string of the molecule is Cc1c(C)c(NS(=O)(=O)c2cc(C(=O)O)cc(C(=O)O)c2)c(C)c(S(=O)(=O)O)c1C. The Morgan fingerprint density at radius 1 is 0.767 bits per heavy atom. The highest BCUT2D eigenvalue weighted by molar-refractivity contribution is 7.92. The van der Waals surface area contributed by atoms with Gasteiger partial charge in [-0.15, -0.1) is 0 Å². The zero-order valence-electron chi connectivity index (χ0n) is 16.3. The summed E-state index contributed by atoms with van der Waals surface area (Å²) in [5, 5.41) is 18.3. The molecular formula is C18H19NO9S2. The van der Waals surface area contributed by atoms with Gasteiger partial charge in [0.1, 0.15) is 4.90 Å². The summed E-state index contributed by atoms with van der Waals surface area (Å²) in [4.78, 5) is 21.4. The van der Waals surface area contributed by atoms with Crippen LogP contribution in [0.5, 0.6) is 0 Å². The molecule has 0 aromatic heterocycles. The molecule has 12 heteroatoms. The third-order valence-corrected chi connectivity index (χ3v) is 7.22. The highest BCUT2D eigenvalue weighted by atomic mass is 32.2. The fraction of sp³-hybridized carbons (Fsp3) is 0.222. The van der Waals surface area contributed by atoms with Gasteiger partial charge in [0.05, 0.1) is 21.7 Å². The van der Waals surface area contributed by atoms with Crippen LogP contribution < -0.4 is 4.72 Å². The molecule has 162 valence electrons. The molecule has 0 saturated heterocycles. The second-order valence-electron chi connectivity index (χ2n) is 6.64. The number of aromatic carboxylic acids is 2. The Hall–Kier alpha value is -2.96. The number of hydrogen-bond donors (Lipinski definition) is 4. The average Bonchev–Trinajstić information content (AvgIpc) is 2.62. The molecule has 0 aliphatic carbocycles. The molecule has 0 aliphatic rings. The van der Waals surface area contributed by atoms with Crippen molar-refractivity contribution in [3.63, 3.8) is 0 Å². The van der Waals surface area contributed by atoms with Crippen LogP contribution in [0.2, 0.25) is 0 Å². The normalized spacial score (nSPS) is 11.9. The Labute approximate surface area is 173 Å². The minimum Gasteiger partial charge on any atom is -0.478 e. The quantitative estimate of drug-likeness (QED) is 0.474. The molecule has 2 aromatic rings. The molecule has 2 rings (SSSR count). The molecule has 10 nitrogen and oxygen atoms in total. The van der Waals surface area contributed by atoms with Gasteiger partial charge in [-0.05, 0) is 68.1 Å². The number of carbonyl (C=O) groups is 2. The number of carboxylic acids is 2. The lowest BCUT2D eigenvalue weighted by molar-refractivity contribution is 0.0696. The van der Waals surface area contributed by atoms with Crippen molar-refractivity contribution in [3.8, 4) is 0 Å². The van der Waals surface area contributed by atoms with E-state index in [2.05, 4.69) is 4.72 Å². The van der Waals surface area contributed by atoms with Crippen molar-refractivity contribution in [1.82, 2.24) is 0 Å². The largest absolute Gasteiger partial charge is 0.478 e. The maximum Gasteiger partial charge on any atom is 0.335 e. The van der Waals surface area contributed by atoms with Crippen LogP contribution >= 0.6 is 0 Å². The van der Waals surface area contributed by atoms with Gasteiger partial charge in [0, 0.05) is 0 Å². The van der Waals surface area contributed by atoms with Crippen molar-refractivity contribution >= 4 is 37.8 Å². The minimum atomic E-state index is -4.67. The predicted octanol–water partition coefficient (Wildman–Crippen LogP) is 2.36. The third-order valence-electron chi connectivity index (χ3n) is 4.76. The summed E-state index contributed by atoms with van der Waals surface area (Å²) in [6.45, 7) is 5.85. The Bertz CT molecular complexity index is 1260. The second kappa shape index (κ2) is 7.70. The van der Waals surface area contributed by atoms with Gasteiger partial charge >= 0.3 is 11.9 Å². The van der Waals surface area contributed by atoms with E-state index in [1.54, 1.807) is 6.92 Å². The van der Waals surface area contributed by atoms with Gasteiger partial charge in [-0.3, -0.25) is 9.27 Å². The van der Waals surface area contributed by atoms with E-state index in [9.17, 15) is 31.0 Å². The molecular weight excluding hydrogens is 438 g/mol. The van der Waals surface area contributed by atoms with E-state index >= 15 is 0 Å². The maximum atomic E-state index is 12.9. The summed E-state index contributed by atoms with van der Waals surface area (Å²) >= 11 is 0. The first kappa shape index (κ1) is 23.3. The van der Waals surface area contributed by atoms with Crippen molar-refractivity contribution in [3.05, 3.63) is 51.6 Å². The molecule has 0 fully saturated rings. The average molecular weight is 457 g/mol. The topological polar surface area (TPSA) is 175 Å². The first-order chi connectivity index (χ1) is 13.6. The van der Waals surface area contributed by atoms with E-state index in [-0.39, 0.29) is 16.8 Å². The highest BCUT2D eigenvalue weighted by Gasteiger charge is 2.27. The van der Waals surface area contributed by atoms with Crippen molar-refractivity contribution < 1.29 is 41.2 Å². The van der Waals surface area contributed by atoms with E-state index in [1.165, 1.54) is 20.8 Å². The van der Waals surface area contributed by atoms with Crippen LogP contribution in [0, 0.1) is 27.7 Å². The van der Waals surface area contributed by atoms with Crippen LogP contribution in [0.15, 0.2) is 28.0 Å². The Balaban J connectivity index is 2.76. The lowest BCUT2D eigenvalue weighted by Crippen LogP contribution is -2.18. The van der Waals surface area contributed by atoms with Crippen molar-refractivity contribution in [2.75, 3.05) is 4.72 Å². The van der Waals surface area contributed by atoms with Gasteiger partial charge in [-0.2, -0.15) is 8.42 Å². The minimum absolute atomic E-state index is 0.0606. The smallest absolute Gasteiger partial charge is 0.335 e. The van der Waals surface area contributed by atoms with Crippen LogP contribution in [0.1, 0.15) is 43.0 Å². The van der Waals surface area contributed by atoms with Crippen molar-refractivity contribution in [2.45, 2.75) is 37.5 Å². The zero-order chi connectivity index (χ0) is 23.2. The molecule has 30 heavy (non-hydrogen) atoms. The summed E-state index contributed by atoms with van der Waals surface area (Å²) in [5.41, 5.74) is -0.246. The number of benzene rings is 2. The first-order valence-corrected chi connectivity index (χ1v) is 11.2. The van der Waals surface area contributed by atoms with Gasteiger partial charge < -0.3 is 10.2 Å². The van der Waals surface area contributed by atoms with Gasteiger partial charge in [0.2, 0.25) is 0 Å². The second-order valence-corrected chi connectivity index (χ2v) is 9.68. The first-order valence-electron chi connectivity index (χ1n) is 8.30. The van der Waals surface area contributed by atoms with Crippen LogP contribution in [-0.2, 0) is 20.1 Å². The molecule has 0 bridgehead atoms. The highest BCUT2D eigenvalue weighted by Crippen LogP contribution is 2.35. The van der Waals surface area contributed by atoms with Crippen LogP contribution in [0.4, 0.5) is 5.69 Å². The van der Waals surface area contributed by atoms with Gasteiger partial charge in [0.15, 0.2) is 0 Å². The summed E-state index contributed by atoms with van der Waals surface area (Å²) in [7, 11) is -9.19. The van der Waals surface area contributed by atoms with E-state index in [1.807, 2.05) is 0 Å². The molecule has 0 unspecified atom stereocenters. The van der Waals surface area contributed by atoms with Crippen LogP contribution in [0.3, 0.4) is 0 Å². The number of carboxylic acid groups (broad SMARTS) is 2. The Morgan fingerprint density at radius 3 is 1.63 bits per heavy atom. The number of hydrogen-bond acceptors (Lipinski definition) is 6. The number of rotatable bonds is 6. The standard InChI is InChI=1S/C18H19NO9S2/c1-8-9(2)15(11(4)16(10(8)3)30(26,27)28)19-29(24,25)14-6-12(17(20)21)5-13(7-14)18(22)23/h5-7,19H,1-4H3,(H,20,21)(H,22,23)(H,26,27,28). The fourth-order valence-corrected chi connectivity index (χ4v) is 5.34. The van der Waals surface area contributed by atoms with Crippen LogP contribution in [0.25, 0.3) is 0 Å². The summed E-state index contributed by atoms with van der Waals surface area (Å²) in [6.07, 6.45) is 0. The van der Waals surface area contributed by atoms with Gasteiger partial charge in [-0.1, -0.05) is 0 Å². The molecule has 2 aromatic carbocycles. The van der Waals surface area contributed by atoms with Crippen molar-refractivity contribution in [2.24, 2.45) is 0 Å². The molecule has 0 heterocycles. The lowest BCUT2D eigenvalue weighted by atomic mass is 9.98. The number of sulfonamides is 1. The summed E-state index contributed by atoms with van der Waals surface area (Å²) in [6, 6.07) is 2.38. The number of nitrogens with one attached hydrogen (secondary N) is 1. The molecule has 0 aliphatic heterocycles. The molecule has 0 atom stereocenters. The molecule has 0 saturated carbocycles. The Morgan fingerprint density at radius 2 is 1.23 bits per heavy atom. The monoisotopic (exact) mass is 457 g/mol. The lowest BCUT2D eigenvalue weighted by Gasteiger charge is -2.20. The molecule has 0 radical (unpaired) electrons. The zero-order valence-corrected chi connectivity index (χ0v) is 18.0. The summed E-state index contributed by atoms with van der Waals surface area (Å²) < 4.78 is 61.2. The van der Waals surface area contributed by atoms with E-state index in [0.717, 1.165) is 18.2 Å². The molecule has 4 N–H and O–H groups in total. The molecule has 0 amide bonds. The predicted molar refractivity (Wildman–Crippen MR) is 106 cm³/mol. The number of anilines is 1. The molecule has 0 spiro atoms. The van der Waals surface area contributed by atoms with E-state index in [4.69, 9.17) is 10.2 Å². The van der Waals surface area contributed by atoms with Gasteiger partial charge in [0.25, 0.3) is 20.1 Å². The van der Waals surface area contributed by atoms with E-state index < -0.39 is 53.0 Å². The Kier molecular flexibility index (Phi) is 5.99. The van der Waals surface area contributed by atoms with E-state index in [0.29, 0.717) is 11.1 Å². The third kappa shape index (κ3) is 4.30. The summed E-state index contributed by atoms with van der Waals surface area (Å²) in [5.74, 6) is -3.05.